The first-order valence-corrected chi connectivity index (χ1v) is 34.1. The van der Waals surface area contributed by atoms with Crippen LogP contribution in [0.5, 0.6) is 0 Å². The molecule has 0 radical (unpaired) electrons. The van der Waals surface area contributed by atoms with E-state index in [2.05, 4.69) is 369 Å². The molecule has 19 rings (SSSR count). The number of hydrogen-bond donors (Lipinski definition) is 1. The van der Waals surface area contributed by atoms with Gasteiger partial charge in [-0.15, -0.1) is 0 Å². The average molecular weight is 1250 g/mol. The maximum atomic E-state index is 3.95. The normalized spacial score (nSPS) is 12.9. The lowest BCUT2D eigenvalue weighted by Crippen LogP contribution is -2.64. The SMILES string of the molecule is c1ccc(-c2[nH]c3ccc(-c4c5c(cc6c4Sc4cc(N(c7ccccc7)c7ccccc7)cc7c4B6c4ccccc4N7c4ccccc4)B4c6ccccc6N(c6ccccc6)c6cc(N(c7ccccc7)c7ccccc7)cc(c64)S5)cc3[n+]2-c2ccccc2)cc1. The second kappa shape index (κ2) is 22.7. The molecule has 0 amide bonds. The van der Waals surface area contributed by atoms with Crippen molar-refractivity contribution in [3.8, 4) is 28.2 Å². The van der Waals surface area contributed by atoms with Crippen LogP contribution in [0.25, 0.3) is 39.2 Å². The van der Waals surface area contributed by atoms with E-state index in [4.69, 9.17) is 0 Å². The van der Waals surface area contributed by atoms with Gasteiger partial charge in [-0.3, -0.25) is 0 Å². The van der Waals surface area contributed by atoms with Crippen molar-refractivity contribution in [3.63, 3.8) is 0 Å². The van der Waals surface area contributed by atoms with Gasteiger partial charge in [0.15, 0.2) is 11.0 Å². The Morgan fingerprint density at radius 1 is 0.316 bits per heavy atom. The number of benzene rings is 14. The minimum absolute atomic E-state index is 0.138. The summed E-state index contributed by atoms with van der Waals surface area (Å²) in [4.78, 5) is 18.8. The van der Waals surface area contributed by atoms with Gasteiger partial charge in [0.25, 0.3) is 5.82 Å². The largest absolute Gasteiger partial charge is 0.311 e. The zero-order chi connectivity index (χ0) is 62.5. The molecule has 0 saturated carbocycles. The molecule has 1 aromatic heterocycles. The Morgan fingerprint density at radius 3 is 1.15 bits per heavy atom. The van der Waals surface area contributed by atoms with Crippen molar-refractivity contribution in [2.45, 2.75) is 19.6 Å². The highest BCUT2D eigenvalue weighted by Crippen LogP contribution is 2.53. The highest BCUT2D eigenvalue weighted by molar-refractivity contribution is 8.01. The summed E-state index contributed by atoms with van der Waals surface area (Å²) in [6, 6.07) is 125. The van der Waals surface area contributed by atoms with Crippen molar-refractivity contribution in [1.82, 2.24) is 4.98 Å². The fraction of sp³-hybridized carbons (Fsp3) is 0. The van der Waals surface area contributed by atoms with E-state index in [0.29, 0.717) is 0 Å². The molecule has 1 N–H and O–H groups in total. The number of aromatic amines is 1. The number of aromatic nitrogens is 2. The van der Waals surface area contributed by atoms with Crippen molar-refractivity contribution < 1.29 is 4.57 Å². The molecule has 0 saturated heterocycles. The highest BCUT2D eigenvalue weighted by Gasteiger charge is 2.48. The molecule has 4 aliphatic heterocycles. The number of hydrogen-bond acceptors (Lipinski definition) is 6. The molecule has 0 spiro atoms. The average Bonchev–Trinajstić information content (AvgIpc) is 0.936. The maximum Gasteiger partial charge on any atom is 0.292 e. The van der Waals surface area contributed by atoms with Crippen LogP contribution >= 0.6 is 23.5 Å². The quantitative estimate of drug-likeness (QED) is 0.103. The zero-order valence-electron chi connectivity index (χ0n) is 51.5. The van der Waals surface area contributed by atoms with E-state index in [0.717, 1.165) is 79.2 Å². The smallest absolute Gasteiger partial charge is 0.292 e. The van der Waals surface area contributed by atoms with Crippen LogP contribution in [0.4, 0.5) is 68.2 Å². The first-order chi connectivity index (χ1) is 47.2. The Morgan fingerprint density at radius 2 is 0.705 bits per heavy atom. The van der Waals surface area contributed by atoms with E-state index in [-0.39, 0.29) is 13.4 Å². The number of nitrogens with zero attached hydrogens (tertiary/aromatic N) is 5. The third-order valence-electron chi connectivity index (χ3n) is 19.3. The van der Waals surface area contributed by atoms with Gasteiger partial charge in [-0.05, 0) is 179 Å². The molecule has 0 bridgehead atoms. The molecule has 5 heterocycles. The van der Waals surface area contributed by atoms with Crippen LogP contribution in [-0.2, 0) is 0 Å². The number of H-pyrrole nitrogens is 1. The number of fused-ring (bicyclic) bond motifs is 9. The minimum atomic E-state index is -0.138. The third-order valence-corrected chi connectivity index (χ3v) is 21.7. The number of nitrogens with one attached hydrogen (secondary N) is 1. The van der Waals surface area contributed by atoms with E-state index < -0.39 is 0 Å². The molecule has 14 aromatic carbocycles. The Hall–Kier alpha value is -11.4. The highest BCUT2D eigenvalue weighted by atomic mass is 32.2. The maximum absolute atomic E-state index is 3.95. The molecule has 0 aliphatic carbocycles. The van der Waals surface area contributed by atoms with Crippen LogP contribution < -0.4 is 56.9 Å². The van der Waals surface area contributed by atoms with E-state index in [9.17, 15) is 0 Å². The standard InChI is InChI=1S/C85H56B2N6S2/c1-9-29-57(30-10-1)85-88-72-50-49-58(51-75(72)93(85)65-43-23-8-24-44-65)80-83-70(86-68-45-25-27-47-73(68)91(63-39-19-6-20-40-63)76-52-66(54-78(94-83)81(76)86)89(59-31-11-2-12-32-59)60-33-13-3-14-34-60)56-71-84(80)95-79-55-67(90(61-35-15-4-16-36-61)62-37-17-5-18-38-62)53-77-82(79)87(71)69-46-26-28-48-74(69)92(77)64-41-21-7-22-42-64/h1-56H/p+1. The van der Waals surface area contributed by atoms with Crippen LogP contribution in [-0.4, -0.2) is 18.4 Å². The number of anilines is 12. The zero-order valence-corrected chi connectivity index (χ0v) is 53.2. The summed E-state index contributed by atoms with van der Waals surface area (Å²) in [6.45, 7) is -0.277. The van der Waals surface area contributed by atoms with Crippen LogP contribution in [0.1, 0.15) is 0 Å². The Bertz CT molecular complexity index is 5120. The van der Waals surface area contributed by atoms with E-state index >= 15 is 0 Å². The van der Waals surface area contributed by atoms with Crippen LogP contribution in [0.15, 0.2) is 359 Å². The molecule has 10 heteroatoms. The molecule has 4 aliphatic rings. The summed E-state index contributed by atoms with van der Waals surface area (Å²) in [5, 5.41) is 0. The third kappa shape index (κ3) is 9.04. The van der Waals surface area contributed by atoms with Crippen molar-refractivity contribution in [2.75, 3.05) is 19.6 Å². The second-order valence-corrected chi connectivity index (χ2v) is 26.7. The van der Waals surface area contributed by atoms with Crippen molar-refractivity contribution in [1.29, 1.82) is 0 Å². The van der Waals surface area contributed by atoms with Gasteiger partial charge in [-0.1, -0.05) is 223 Å². The predicted octanol–water partition coefficient (Wildman–Crippen LogP) is 18.2. The first-order valence-electron chi connectivity index (χ1n) is 32.5. The molecule has 6 nitrogen and oxygen atoms in total. The summed E-state index contributed by atoms with van der Waals surface area (Å²) >= 11 is 3.88. The lowest BCUT2D eigenvalue weighted by atomic mass is 9.31. The van der Waals surface area contributed by atoms with Gasteiger partial charge < -0.3 is 19.6 Å². The summed E-state index contributed by atoms with van der Waals surface area (Å²) < 4.78 is 2.42. The Labute approximate surface area is 561 Å². The molecule has 444 valence electrons. The number of rotatable bonds is 11. The van der Waals surface area contributed by atoms with Gasteiger partial charge >= 0.3 is 0 Å². The van der Waals surface area contributed by atoms with Gasteiger partial charge in [-0.2, -0.15) is 4.57 Å². The number of imidazole rings is 1. The minimum Gasteiger partial charge on any atom is -0.311 e. The van der Waals surface area contributed by atoms with Crippen molar-refractivity contribution >= 4 is 149 Å². The topological polar surface area (TPSA) is 32.6 Å². The van der Waals surface area contributed by atoms with Crippen molar-refractivity contribution in [2.24, 2.45) is 0 Å². The Balaban J connectivity index is 0.931. The summed E-state index contributed by atoms with van der Waals surface area (Å²) in [6.07, 6.45) is 0. The van der Waals surface area contributed by atoms with Gasteiger partial charge in [0.05, 0.1) is 5.56 Å². The fourth-order valence-electron chi connectivity index (χ4n) is 15.3. The molecular weight excluding hydrogens is 1190 g/mol. The lowest BCUT2D eigenvalue weighted by Gasteiger charge is -2.44. The van der Waals surface area contributed by atoms with Crippen molar-refractivity contribution in [3.05, 3.63) is 340 Å². The second-order valence-electron chi connectivity index (χ2n) is 24.6. The van der Waals surface area contributed by atoms with Crippen LogP contribution in [0, 0.1) is 0 Å². The van der Waals surface area contributed by atoms with Crippen LogP contribution in [0.3, 0.4) is 0 Å². The molecule has 95 heavy (non-hydrogen) atoms. The van der Waals surface area contributed by atoms with Gasteiger partial charge in [0, 0.05) is 93.4 Å². The molecule has 0 atom stereocenters. The molecule has 0 unspecified atom stereocenters. The fourth-order valence-corrected chi connectivity index (χ4v) is 18.1. The number of para-hydroxylation sites is 9. The summed E-state index contributed by atoms with van der Waals surface area (Å²) in [7, 11) is 0. The molecule has 0 fully saturated rings. The summed E-state index contributed by atoms with van der Waals surface area (Å²) in [5.74, 6) is 1.03. The van der Waals surface area contributed by atoms with Gasteiger partial charge in [0.2, 0.25) is 13.4 Å². The Kier molecular flexibility index (Phi) is 13.2. The summed E-state index contributed by atoms with van der Waals surface area (Å²) in [5.41, 5.74) is 28.0. The van der Waals surface area contributed by atoms with Gasteiger partial charge in [0.1, 0.15) is 5.69 Å². The predicted molar refractivity (Wildman–Crippen MR) is 400 cm³/mol. The molecular formula is C85H57B2N6S2+. The van der Waals surface area contributed by atoms with E-state index in [1.165, 1.54) is 80.7 Å². The molecule has 15 aromatic rings. The van der Waals surface area contributed by atoms with E-state index in [1.807, 2.05) is 23.5 Å². The lowest BCUT2D eigenvalue weighted by molar-refractivity contribution is -0.554. The first kappa shape index (κ1) is 55.2. The van der Waals surface area contributed by atoms with Crippen LogP contribution in [0.2, 0.25) is 0 Å². The monoisotopic (exact) mass is 1250 g/mol. The van der Waals surface area contributed by atoms with Gasteiger partial charge in [-0.25, -0.2) is 4.98 Å². The van der Waals surface area contributed by atoms with E-state index in [1.54, 1.807) is 0 Å².